The van der Waals surface area contributed by atoms with E-state index < -0.39 is 0 Å². The van der Waals surface area contributed by atoms with Gasteiger partial charge < -0.3 is 14.8 Å². The van der Waals surface area contributed by atoms with Crippen molar-refractivity contribution in [3.63, 3.8) is 0 Å². The normalized spacial score (nSPS) is 10.4. The van der Waals surface area contributed by atoms with Gasteiger partial charge in [-0.3, -0.25) is 9.59 Å². The number of aryl methyl sites for hydroxylation is 1. The molecule has 1 amide bonds. The van der Waals surface area contributed by atoms with E-state index in [4.69, 9.17) is 9.47 Å². The summed E-state index contributed by atoms with van der Waals surface area (Å²) in [7, 11) is 3.11. The Bertz CT molecular complexity index is 1080. The largest absolute Gasteiger partial charge is 0.493 e. The van der Waals surface area contributed by atoms with Gasteiger partial charge in [0.05, 0.1) is 19.9 Å². The van der Waals surface area contributed by atoms with Crippen LogP contribution in [0.2, 0.25) is 0 Å². The summed E-state index contributed by atoms with van der Waals surface area (Å²) in [6.45, 7) is 1.83. The van der Waals surface area contributed by atoms with Gasteiger partial charge in [-0.15, -0.1) is 0 Å². The first-order valence-corrected chi connectivity index (χ1v) is 9.24. The number of aromatic nitrogens is 2. The van der Waals surface area contributed by atoms with E-state index in [2.05, 4.69) is 10.4 Å². The lowest BCUT2D eigenvalue weighted by molar-refractivity contribution is -0.117. The molecule has 0 fully saturated rings. The Hall–Kier alpha value is -3.61. The third kappa shape index (κ3) is 4.63. The van der Waals surface area contributed by atoms with Crippen molar-refractivity contribution in [3.8, 4) is 22.8 Å². The van der Waals surface area contributed by atoms with Crippen LogP contribution >= 0.6 is 0 Å². The van der Waals surface area contributed by atoms with Crippen molar-refractivity contribution in [2.24, 2.45) is 0 Å². The monoisotopic (exact) mass is 393 g/mol. The predicted octanol–water partition coefficient (Wildman–Crippen LogP) is 3.13. The Balaban J connectivity index is 1.84. The van der Waals surface area contributed by atoms with E-state index in [-0.39, 0.29) is 18.0 Å². The molecule has 0 atom stereocenters. The summed E-state index contributed by atoms with van der Waals surface area (Å²) in [6.07, 6.45) is 0.795. The fraction of sp³-hybridized carbons (Fsp3) is 0.227. The van der Waals surface area contributed by atoms with Crippen LogP contribution < -0.4 is 20.3 Å². The summed E-state index contributed by atoms with van der Waals surface area (Å²) >= 11 is 0. The number of carbonyl (C=O) groups excluding carboxylic acids is 1. The van der Waals surface area contributed by atoms with Gasteiger partial charge >= 0.3 is 0 Å². The smallest absolute Gasteiger partial charge is 0.267 e. The first-order valence-electron chi connectivity index (χ1n) is 9.24. The van der Waals surface area contributed by atoms with Crippen LogP contribution in [-0.2, 0) is 17.8 Å². The number of benzene rings is 2. The third-order valence-electron chi connectivity index (χ3n) is 4.51. The molecule has 150 valence electrons. The molecule has 0 spiro atoms. The lowest BCUT2D eigenvalue weighted by Gasteiger charge is -2.12. The first-order chi connectivity index (χ1) is 14.0. The zero-order chi connectivity index (χ0) is 20.8. The minimum Gasteiger partial charge on any atom is -0.493 e. The molecule has 7 nitrogen and oxygen atoms in total. The second-order valence-corrected chi connectivity index (χ2v) is 6.34. The minimum absolute atomic E-state index is 0.183. The second kappa shape index (κ2) is 9.05. The maximum Gasteiger partial charge on any atom is 0.267 e. The van der Waals surface area contributed by atoms with Crippen molar-refractivity contribution in [1.29, 1.82) is 0 Å². The Morgan fingerprint density at radius 2 is 1.79 bits per heavy atom. The summed E-state index contributed by atoms with van der Waals surface area (Å²) < 4.78 is 11.7. The Labute approximate surface area is 168 Å². The number of ether oxygens (including phenoxy) is 2. The quantitative estimate of drug-likeness (QED) is 0.667. The Kier molecular flexibility index (Phi) is 6.29. The Morgan fingerprint density at radius 1 is 1.03 bits per heavy atom. The number of carbonyl (C=O) groups is 1. The zero-order valence-corrected chi connectivity index (χ0v) is 16.6. The van der Waals surface area contributed by atoms with Crippen molar-refractivity contribution in [3.05, 3.63) is 70.5 Å². The molecule has 1 heterocycles. The van der Waals surface area contributed by atoms with Crippen LogP contribution in [0.25, 0.3) is 11.3 Å². The summed E-state index contributed by atoms with van der Waals surface area (Å²) in [4.78, 5) is 24.7. The van der Waals surface area contributed by atoms with Gasteiger partial charge in [0, 0.05) is 17.3 Å². The van der Waals surface area contributed by atoms with Gasteiger partial charge in [0.1, 0.15) is 6.54 Å². The maximum absolute atomic E-state index is 12.5. The molecule has 1 N–H and O–H groups in total. The van der Waals surface area contributed by atoms with Crippen LogP contribution in [0.15, 0.2) is 59.4 Å². The van der Waals surface area contributed by atoms with Crippen LogP contribution in [0.4, 0.5) is 5.69 Å². The number of hydrogen-bond donors (Lipinski definition) is 1. The molecule has 3 rings (SSSR count). The molecule has 0 aliphatic heterocycles. The summed E-state index contributed by atoms with van der Waals surface area (Å²) in [5.41, 5.74) is 2.71. The van der Waals surface area contributed by atoms with Gasteiger partial charge in [-0.2, -0.15) is 5.10 Å². The molecular weight excluding hydrogens is 370 g/mol. The van der Waals surface area contributed by atoms with E-state index in [0.717, 1.165) is 27.9 Å². The summed E-state index contributed by atoms with van der Waals surface area (Å²) in [5, 5.41) is 7.20. The molecule has 0 aliphatic rings. The topological polar surface area (TPSA) is 82.5 Å². The molecule has 0 aliphatic carbocycles. The number of anilines is 1. The van der Waals surface area contributed by atoms with Crippen LogP contribution in [0.3, 0.4) is 0 Å². The molecule has 0 radical (unpaired) electrons. The van der Waals surface area contributed by atoms with Crippen molar-refractivity contribution in [1.82, 2.24) is 9.78 Å². The summed E-state index contributed by atoms with van der Waals surface area (Å²) in [5.74, 6) is 0.835. The molecule has 0 saturated heterocycles. The number of nitrogens with zero attached hydrogens (tertiary/aromatic N) is 2. The number of amides is 1. The molecule has 7 heteroatoms. The van der Waals surface area contributed by atoms with E-state index in [1.54, 1.807) is 32.4 Å². The van der Waals surface area contributed by atoms with E-state index in [1.807, 2.05) is 37.3 Å². The van der Waals surface area contributed by atoms with Gasteiger partial charge in [-0.1, -0.05) is 25.1 Å². The standard InChI is InChI=1S/C22H23N3O4/c1-4-15-7-5-6-8-17(15)23-21(26)14-25-22(27)12-10-18(24-25)16-9-11-19(28-2)20(13-16)29-3/h5-13H,4,14H2,1-3H3,(H,23,26). The highest BCUT2D eigenvalue weighted by molar-refractivity contribution is 5.91. The van der Waals surface area contributed by atoms with E-state index in [1.165, 1.54) is 6.07 Å². The minimum atomic E-state index is -0.354. The van der Waals surface area contributed by atoms with E-state index in [0.29, 0.717) is 17.2 Å². The summed E-state index contributed by atoms with van der Waals surface area (Å²) in [6, 6.07) is 15.9. The highest BCUT2D eigenvalue weighted by Gasteiger charge is 2.12. The molecule has 3 aromatic rings. The van der Waals surface area contributed by atoms with Gasteiger partial charge in [-0.25, -0.2) is 4.68 Å². The average molecular weight is 393 g/mol. The highest BCUT2D eigenvalue weighted by Crippen LogP contribution is 2.31. The van der Waals surface area contributed by atoms with Crippen molar-refractivity contribution >= 4 is 11.6 Å². The number of nitrogens with one attached hydrogen (secondary N) is 1. The highest BCUT2D eigenvalue weighted by atomic mass is 16.5. The van der Waals surface area contributed by atoms with Gasteiger partial charge in [0.25, 0.3) is 5.56 Å². The van der Waals surface area contributed by atoms with Crippen LogP contribution in [-0.4, -0.2) is 29.9 Å². The maximum atomic E-state index is 12.5. The first kappa shape index (κ1) is 20.1. The van der Waals surface area contributed by atoms with E-state index >= 15 is 0 Å². The molecule has 2 aromatic carbocycles. The van der Waals surface area contributed by atoms with Crippen molar-refractivity contribution in [2.45, 2.75) is 19.9 Å². The second-order valence-electron chi connectivity index (χ2n) is 6.34. The number of methoxy groups -OCH3 is 2. The molecule has 0 unspecified atom stereocenters. The lowest BCUT2D eigenvalue weighted by atomic mass is 10.1. The van der Waals surface area contributed by atoms with Crippen molar-refractivity contribution in [2.75, 3.05) is 19.5 Å². The SMILES string of the molecule is CCc1ccccc1NC(=O)Cn1nc(-c2ccc(OC)c(OC)c2)ccc1=O. The van der Waals surface area contributed by atoms with Crippen LogP contribution in [0, 0.1) is 0 Å². The molecule has 29 heavy (non-hydrogen) atoms. The zero-order valence-electron chi connectivity index (χ0n) is 16.6. The third-order valence-corrected chi connectivity index (χ3v) is 4.51. The van der Waals surface area contributed by atoms with Gasteiger partial charge in [0.15, 0.2) is 11.5 Å². The molecule has 0 saturated carbocycles. The molecule has 0 bridgehead atoms. The molecule has 1 aromatic heterocycles. The number of rotatable bonds is 7. The number of hydrogen-bond acceptors (Lipinski definition) is 5. The van der Waals surface area contributed by atoms with E-state index in [9.17, 15) is 9.59 Å². The van der Waals surface area contributed by atoms with Gasteiger partial charge in [-0.05, 0) is 42.3 Å². The fourth-order valence-electron chi connectivity index (χ4n) is 2.99. The van der Waals surface area contributed by atoms with Gasteiger partial charge in [0.2, 0.25) is 5.91 Å². The Morgan fingerprint density at radius 3 is 2.52 bits per heavy atom. The number of para-hydroxylation sites is 1. The molecular formula is C22H23N3O4. The average Bonchev–Trinajstić information content (AvgIpc) is 2.75. The predicted molar refractivity (Wildman–Crippen MR) is 111 cm³/mol. The van der Waals surface area contributed by atoms with Crippen LogP contribution in [0.5, 0.6) is 11.5 Å². The fourth-order valence-corrected chi connectivity index (χ4v) is 2.99. The lowest BCUT2D eigenvalue weighted by Crippen LogP contribution is -2.29. The van der Waals surface area contributed by atoms with Crippen LogP contribution in [0.1, 0.15) is 12.5 Å². The van der Waals surface area contributed by atoms with Crippen molar-refractivity contribution < 1.29 is 14.3 Å².